The molecule has 1 saturated heterocycles. The predicted octanol–water partition coefficient (Wildman–Crippen LogP) is 2.27. The summed E-state index contributed by atoms with van der Waals surface area (Å²) in [5, 5.41) is 13.6. The van der Waals surface area contributed by atoms with Crippen LogP contribution in [0.3, 0.4) is 0 Å². The number of halogens is 2. The first-order valence-electron chi connectivity index (χ1n) is 6.20. The van der Waals surface area contributed by atoms with Crippen LogP contribution < -0.4 is 5.32 Å². The summed E-state index contributed by atoms with van der Waals surface area (Å²) in [6.45, 7) is 0.914. The molecule has 0 bridgehead atoms. The Morgan fingerprint density at radius 2 is 2.15 bits per heavy atom. The van der Waals surface area contributed by atoms with Crippen molar-refractivity contribution >= 4 is 35.2 Å². The molecule has 2 N–H and O–H groups in total. The van der Waals surface area contributed by atoms with E-state index in [0.29, 0.717) is 28.6 Å². The largest absolute Gasteiger partial charge is 0.386 e. The second kappa shape index (κ2) is 6.59. The fraction of sp³-hybridized carbons (Fsp3) is 0.357. The number of hydrogen-bond acceptors (Lipinski definition) is 3. The van der Waals surface area contributed by atoms with Crippen molar-refractivity contribution in [3.63, 3.8) is 0 Å². The molecule has 0 aliphatic carbocycles. The zero-order valence-electron chi connectivity index (χ0n) is 10.7. The monoisotopic (exact) mass is 315 g/mol. The van der Waals surface area contributed by atoms with E-state index in [1.165, 1.54) is 6.08 Å². The predicted molar refractivity (Wildman–Crippen MR) is 78.9 cm³/mol. The Balaban J connectivity index is 1.92. The van der Waals surface area contributed by atoms with Crippen molar-refractivity contribution in [2.75, 3.05) is 19.8 Å². The number of benzene rings is 1. The molecular weight excluding hydrogens is 301 g/mol. The van der Waals surface area contributed by atoms with Crippen molar-refractivity contribution in [3.05, 3.63) is 39.9 Å². The zero-order valence-corrected chi connectivity index (χ0v) is 12.2. The Morgan fingerprint density at radius 1 is 1.45 bits per heavy atom. The Kier molecular flexibility index (Phi) is 5.05. The number of rotatable bonds is 4. The van der Waals surface area contributed by atoms with E-state index in [2.05, 4.69) is 5.32 Å². The van der Waals surface area contributed by atoms with Crippen LogP contribution in [0.1, 0.15) is 12.0 Å². The summed E-state index contributed by atoms with van der Waals surface area (Å²) < 4.78 is 5.10. The molecular formula is C14H15Cl2NO3. The van der Waals surface area contributed by atoms with Crippen molar-refractivity contribution in [2.45, 2.75) is 12.0 Å². The van der Waals surface area contributed by atoms with Crippen molar-refractivity contribution < 1.29 is 14.6 Å². The molecule has 108 valence electrons. The molecule has 0 radical (unpaired) electrons. The van der Waals surface area contributed by atoms with E-state index in [9.17, 15) is 9.90 Å². The lowest BCUT2D eigenvalue weighted by Crippen LogP contribution is -2.42. The van der Waals surface area contributed by atoms with E-state index in [4.69, 9.17) is 27.9 Å². The van der Waals surface area contributed by atoms with Crippen LogP contribution in [0.2, 0.25) is 10.0 Å². The minimum Gasteiger partial charge on any atom is -0.386 e. The highest BCUT2D eigenvalue weighted by atomic mass is 35.5. The molecule has 1 fully saturated rings. The maximum atomic E-state index is 11.7. The van der Waals surface area contributed by atoms with E-state index < -0.39 is 5.60 Å². The molecule has 1 unspecified atom stereocenters. The molecule has 0 saturated carbocycles. The highest BCUT2D eigenvalue weighted by molar-refractivity contribution is 6.37. The van der Waals surface area contributed by atoms with Crippen molar-refractivity contribution in [1.82, 2.24) is 5.32 Å². The van der Waals surface area contributed by atoms with Crippen LogP contribution in [0, 0.1) is 0 Å². The lowest BCUT2D eigenvalue weighted by atomic mass is 10.0. The van der Waals surface area contributed by atoms with Crippen LogP contribution >= 0.6 is 23.2 Å². The molecule has 2 rings (SSSR count). The number of ether oxygens (including phenoxy) is 1. The van der Waals surface area contributed by atoms with Gasteiger partial charge in [0.25, 0.3) is 0 Å². The topological polar surface area (TPSA) is 58.6 Å². The van der Waals surface area contributed by atoms with Gasteiger partial charge in [-0.3, -0.25) is 4.79 Å². The summed E-state index contributed by atoms with van der Waals surface area (Å²) in [6.07, 6.45) is 3.41. The average molecular weight is 316 g/mol. The maximum Gasteiger partial charge on any atom is 0.244 e. The van der Waals surface area contributed by atoms with E-state index in [0.717, 1.165) is 0 Å². The molecule has 1 aliphatic heterocycles. The SMILES string of the molecule is O=C(/C=C/c1c(Cl)cccc1Cl)NCC1(O)CCOC1. The Hall–Kier alpha value is -1.07. The molecule has 0 spiro atoms. The standard InChI is InChI=1S/C14H15Cl2NO3/c15-11-2-1-3-12(16)10(11)4-5-13(18)17-8-14(19)6-7-20-9-14/h1-5,19H,6-9H2,(H,17,18)/b5-4+. The Bertz CT molecular complexity index is 505. The zero-order chi connectivity index (χ0) is 14.6. The van der Waals surface area contributed by atoms with Gasteiger partial charge in [-0.25, -0.2) is 0 Å². The summed E-state index contributed by atoms with van der Waals surface area (Å²) in [4.78, 5) is 11.7. The number of hydrogen-bond donors (Lipinski definition) is 2. The smallest absolute Gasteiger partial charge is 0.244 e. The summed E-state index contributed by atoms with van der Waals surface area (Å²) >= 11 is 12.0. The highest BCUT2D eigenvalue weighted by Gasteiger charge is 2.32. The molecule has 6 heteroatoms. The molecule has 1 heterocycles. The summed E-state index contributed by atoms with van der Waals surface area (Å²) in [7, 11) is 0. The van der Waals surface area contributed by atoms with Crippen LogP contribution in [0.25, 0.3) is 6.08 Å². The number of amides is 1. The highest BCUT2D eigenvalue weighted by Crippen LogP contribution is 2.25. The molecule has 1 atom stereocenters. The van der Waals surface area contributed by atoms with Crippen molar-refractivity contribution in [2.24, 2.45) is 0 Å². The van der Waals surface area contributed by atoms with Crippen LogP contribution in [-0.4, -0.2) is 36.4 Å². The van der Waals surface area contributed by atoms with Crippen LogP contribution in [0.15, 0.2) is 24.3 Å². The second-order valence-electron chi connectivity index (χ2n) is 4.71. The molecule has 4 nitrogen and oxygen atoms in total. The van der Waals surface area contributed by atoms with E-state index in [-0.39, 0.29) is 19.1 Å². The van der Waals surface area contributed by atoms with Gasteiger partial charge in [0.1, 0.15) is 5.60 Å². The first-order chi connectivity index (χ1) is 9.50. The second-order valence-corrected chi connectivity index (χ2v) is 5.53. The summed E-state index contributed by atoms with van der Waals surface area (Å²) in [5.41, 5.74) is -0.375. The third kappa shape index (κ3) is 3.96. The fourth-order valence-corrected chi connectivity index (χ4v) is 2.40. The fourth-order valence-electron chi connectivity index (χ4n) is 1.88. The third-order valence-corrected chi connectivity index (χ3v) is 3.73. The number of carbonyl (C=O) groups excluding carboxylic acids is 1. The molecule has 1 aromatic rings. The van der Waals surface area contributed by atoms with Gasteiger partial charge in [-0.15, -0.1) is 0 Å². The van der Waals surface area contributed by atoms with E-state index in [1.54, 1.807) is 24.3 Å². The van der Waals surface area contributed by atoms with Crippen molar-refractivity contribution in [3.8, 4) is 0 Å². The van der Waals surface area contributed by atoms with Gasteiger partial charge in [0.05, 0.1) is 6.61 Å². The Morgan fingerprint density at radius 3 is 2.75 bits per heavy atom. The van der Waals surface area contributed by atoms with Gasteiger partial charge < -0.3 is 15.2 Å². The minimum absolute atomic E-state index is 0.159. The van der Waals surface area contributed by atoms with E-state index >= 15 is 0 Å². The number of carbonyl (C=O) groups is 1. The van der Waals surface area contributed by atoms with Crippen LogP contribution in [-0.2, 0) is 9.53 Å². The summed E-state index contributed by atoms with van der Waals surface area (Å²) in [5.74, 6) is -0.318. The van der Waals surface area contributed by atoms with Gasteiger partial charge in [0.15, 0.2) is 0 Å². The van der Waals surface area contributed by atoms with Gasteiger partial charge in [-0.1, -0.05) is 29.3 Å². The third-order valence-electron chi connectivity index (χ3n) is 3.08. The maximum absolute atomic E-state index is 11.7. The number of aliphatic hydroxyl groups is 1. The molecule has 1 aliphatic rings. The van der Waals surface area contributed by atoms with Crippen LogP contribution in [0.4, 0.5) is 0 Å². The first kappa shape index (κ1) is 15.3. The molecule has 0 aromatic heterocycles. The number of nitrogens with one attached hydrogen (secondary N) is 1. The van der Waals surface area contributed by atoms with Crippen LogP contribution in [0.5, 0.6) is 0 Å². The van der Waals surface area contributed by atoms with E-state index in [1.807, 2.05) is 0 Å². The average Bonchev–Trinajstić information content (AvgIpc) is 2.83. The summed E-state index contributed by atoms with van der Waals surface area (Å²) in [6, 6.07) is 5.13. The van der Waals surface area contributed by atoms with Gasteiger partial charge in [0, 0.05) is 41.3 Å². The lowest BCUT2D eigenvalue weighted by Gasteiger charge is -2.19. The van der Waals surface area contributed by atoms with Gasteiger partial charge >= 0.3 is 0 Å². The van der Waals surface area contributed by atoms with Crippen molar-refractivity contribution in [1.29, 1.82) is 0 Å². The lowest BCUT2D eigenvalue weighted by molar-refractivity contribution is -0.117. The normalized spacial score (nSPS) is 22.4. The van der Waals surface area contributed by atoms with Gasteiger partial charge in [-0.05, 0) is 18.2 Å². The Labute approximate surface area is 127 Å². The van der Waals surface area contributed by atoms with Gasteiger partial charge in [0.2, 0.25) is 5.91 Å². The molecule has 1 amide bonds. The minimum atomic E-state index is -0.967. The quantitative estimate of drug-likeness (QED) is 0.838. The van der Waals surface area contributed by atoms with Gasteiger partial charge in [-0.2, -0.15) is 0 Å². The molecule has 1 aromatic carbocycles. The molecule has 20 heavy (non-hydrogen) atoms. The first-order valence-corrected chi connectivity index (χ1v) is 6.96.